The van der Waals surface area contributed by atoms with Gasteiger partial charge in [0, 0.05) is 56.0 Å². The van der Waals surface area contributed by atoms with Crippen LogP contribution in [-0.2, 0) is 0 Å². The summed E-state index contributed by atoms with van der Waals surface area (Å²) in [6, 6.07) is 8.94. The molecule has 0 aliphatic carbocycles. The normalized spacial score (nSPS) is 15.9. The number of benzene rings is 1. The van der Waals surface area contributed by atoms with Crippen molar-refractivity contribution in [3.63, 3.8) is 0 Å². The zero-order valence-electron chi connectivity index (χ0n) is 20.5. The van der Waals surface area contributed by atoms with E-state index in [0.717, 1.165) is 22.5 Å². The van der Waals surface area contributed by atoms with Gasteiger partial charge in [-0.05, 0) is 34.7 Å². The number of halogens is 5. The van der Waals surface area contributed by atoms with Crippen molar-refractivity contribution in [1.29, 1.82) is 0 Å². The lowest BCUT2D eigenvalue weighted by Crippen LogP contribution is -2.41. The fourth-order valence-corrected chi connectivity index (χ4v) is 5.05. The third kappa shape index (κ3) is 6.71. The Balaban J connectivity index is 1.20. The van der Waals surface area contributed by atoms with Crippen LogP contribution >= 0.6 is 11.3 Å². The maximum atomic E-state index is 13.3. The number of aromatic nitrogens is 3. The lowest BCUT2D eigenvalue weighted by atomic mass is 10.1. The molecule has 1 fully saturated rings. The molecule has 0 unspecified atom stereocenters. The molecular formula is C26H24F5N5O2S. The Hall–Kier alpha value is -3.58. The van der Waals surface area contributed by atoms with Crippen LogP contribution in [0.1, 0.15) is 22.5 Å². The number of fused-ring (bicyclic) bond motifs is 1. The van der Waals surface area contributed by atoms with Crippen LogP contribution in [0.2, 0.25) is 0 Å². The first kappa shape index (κ1) is 27.0. The van der Waals surface area contributed by atoms with E-state index in [2.05, 4.69) is 10.1 Å². The number of hydrogen-bond donors (Lipinski definition) is 1. The summed E-state index contributed by atoms with van der Waals surface area (Å²) in [5, 5.41) is 7.89. The molecule has 4 aromatic rings. The molecule has 39 heavy (non-hydrogen) atoms. The topological polar surface area (TPSA) is 71.8 Å². The average molecular weight is 566 g/mol. The Morgan fingerprint density at radius 2 is 1.82 bits per heavy atom. The molecule has 13 heteroatoms. The van der Waals surface area contributed by atoms with Crippen molar-refractivity contribution in [1.82, 2.24) is 24.8 Å². The number of rotatable bonds is 8. The highest BCUT2D eigenvalue weighted by Crippen LogP contribution is 2.30. The summed E-state index contributed by atoms with van der Waals surface area (Å²) in [5.74, 6) is -2.68. The summed E-state index contributed by atoms with van der Waals surface area (Å²) in [5.41, 5.74) is 3.50. The van der Waals surface area contributed by atoms with Crippen LogP contribution in [0.4, 0.5) is 22.0 Å². The predicted octanol–water partition coefficient (Wildman–Crippen LogP) is 5.53. The fourth-order valence-electron chi connectivity index (χ4n) is 4.23. The molecule has 7 nitrogen and oxygen atoms in total. The summed E-state index contributed by atoms with van der Waals surface area (Å²) >= 11 is 1.04. The van der Waals surface area contributed by atoms with Gasteiger partial charge in [0.2, 0.25) is 0 Å². The van der Waals surface area contributed by atoms with E-state index in [1.165, 1.54) is 6.07 Å². The highest BCUT2D eigenvalue weighted by atomic mass is 32.1. The highest BCUT2D eigenvalue weighted by Gasteiger charge is 2.33. The molecule has 5 rings (SSSR count). The quantitative estimate of drug-likeness (QED) is 0.285. The Morgan fingerprint density at radius 1 is 1.08 bits per heavy atom. The van der Waals surface area contributed by atoms with Crippen LogP contribution in [0, 0.1) is 0 Å². The van der Waals surface area contributed by atoms with Crippen LogP contribution in [-0.4, -0.2) is 70.3 Å². The molecule has 0 atom stereocenters. The van der Waals surface area contributed by atoms with Crippen LogP contribution in [0.3, 0.4) is 0 Å². The monoisotopic (exact) mass is 565 g/mol. The lowest BCUT2D eigenvalue weighted by molar-refractivity contribution is -0.123. The molecule has 206 valence electrons. The van der Waals surface area contributed by atoms with Gasteiger partial charge >= 0.3 is 6.18 Å². The Bertz CT molecular complexity index is 1440. The second-order valence-electron chi connectivity index (χ2n) is 9.24. The molecule has 1 aromatic carbocycles. The highest BCUT2D eigenvalue weighted by molar-refractivity contribution is 7.12. The number of likely N-dealkylation sites (tertiary alicyclic amines) is 1. The second kappa shape index (κ2) is 10.9. The van der Waals surface area contributed by atoms with Crippen LogP contribution in [0.5, 0.6) is 5.75 Å². The first-order valence-corrected chi connectivity index (χ1v) is 13.0. The number of nitrogens with zero attached hydrogens (tertiary/aromatic N) is 4. The maximum Gasteiger partial charge on any atom is 0.405 e. The van der Waals surface area contributed by atoms with Gasteiger partial charge in [0.1, 0.15) is 18.9 Å². The summed E-state index contributed by atoms with van der Waals surface area (Å²) in [6.07, 6.45) is 0.364. The van der Waals surface area contributed by atoms with Crippen molar-refractivity contribution in [2.45, 2.75) is 24.9 Å². The van der Waals surface area contributed by atoms with Gasteiger partial charge in [-0.25, -0.2) is 18.3 Å². The number of amides is 1. The number of carbonyl (C=O) groups excluding carboxylic acids is 1. The summed E-state index contributed by atoms with van der Waals surface area (Å²) < 4.78 is 71.1. The minimum Gasteiger partial charge on any atom is -0.492 e. The molecule has 1 aliphatic rings. The van der Waals surface area contributed by atoms with Crippen molar-refractivity contribution in [2.75, 3.05) is 32.8 Å². The van der Waals surface area contributed by atoms with Gasteiger partial charge in [0.25, 0.3) is 11.8 Å². The van der Waals surface area contributed by atoms with Gasteiger partial charge in [0.05, 0.1) is 11.1 Å². The van der Waals surface area contributed by atoms with Crippen molar-refractivity contribution in [3.8, 4) is 28.0 Å². The van der Waals surface area contributed by atoms with Crippen LogP contribution < -0.4 is 10.1 Å². The molecule has 1 saturated heterocycles. The smallest absolute Gasteiger partial charge is 0.405 e. The van der Waals surface area contributed by atoms with Gasteiger partial charge in [0.15, 0.2) is 5.65 Å². The zero-order valence-corrected chi connectivity index (χ0v) is 21.4. The second-order valence-corrected chi connectivity index (χ2v) is 10.1. The van der Waals surface area contributed by atoms with Crippen molar-refractivity contribution >= 4 is 22.9 Å². The molecule has 0 saturated carbocycles. The van der Waals surface area contributed by atoms with Gasteiger partial charge in [-0.2, -0.15) is 18.3 Å². The van der Waals surface area contributed by atoms with E-state index in [4.69, 9.17) is 4.74 Å². The average Bonchev–Trinajstić information content (AvgIpc) is 3.55. The van der Waals surface area contributed by atoms with E-state index in [-0.39, 0.29) is 17.7 Å². The molecule has 4 heterocycles. The van der Waals surface area contributed by atoms with Crippen molar-refractivity contribution < 1.29 is 31.5 Å². The predicted molar refractivity (Wildman–Crippen MR) is 136 cm³/mol. The van der Waals surface area contributed by atoms with Crippen LogP contribution in [0.25, 0.3) is 27.9 Å². The summed E-state index contributed by atoms with van der Waals surface area (Å²) in [6.45, 7) is 0.331. The van der Waals surface area contributed by atoms with Gasteiger partial charge in [-0.1, -0.05) is 12.1 Å². The number of carbonyl (C=O) groups is 1. The summed E-state index contributed by atoms with van der Waals surface area (Å²) in [4.78, 5) is 18.7. The van der Waals surface area contributed by atoms with Gasteiger partial charge in [-0.15, -0.1) is 11.3 Å². The van der Waals surface area contributed by atoms with E-state index < -0.39 is 24.6 Å². The third-order valence-electron chi connectivity index (χ3n) is 6.39. The number of thiophene rings is 1. The van der Waals surface area contributed by atoms with Crippen LogP contribution in [0.15, 0.2) is 54.3 Å². The Labute approximate surface area is 224 Å². The van der Waals surface area contributed by atoms with E-state index >= 15 is 0 Å². The zero-order chi connectivity index (χ0) is 27.6. The summed E-state index contributed by atoms with van der Waals surface area (Å²) in [7, 11) is 0. The fraction of sp³-hybridized carbons (Fsp3) is 0.346. The number of nitrogens with one attached hydrogen (secondary N) is 1. The molecule has 1 N–H and O–H groups in total. The Kier molecular flexibility index (Phi) is 7.54. The van der Waals surface area contributed by atoms with Crippen molar-refractivity contribution in [3.05, 3.63) is 59.2 Å². The molecule has 3 aromatic heterocycles. The number of piperidine rings is 1. The molecule has 0 spiro atoms. The minimum absolute atomic E-state index is 0.116. The third-order valence-corrected chi connectivity index (χ3v) is 7.32. The number of alkyl halides is 5. The molecule has 1 aliphatic heterocycles. The van der Waals surface area contributed by atoms with E-state index in [9.17, 15) is 26.7 Å². The lowest BCUT2D eigenvalue weighted by Gasteiger charge is -2.31. The van der Waals surface area contributed by atoms with E-state index in [1.54, 1.807) is 28.5 Å². The maximum absolute atomic E-state index is 13.3. The molecular weight excluding hydrogens is 541 g/mol. The largest absolute Gasteiger partial charge is 0.492 e. The molecule has 1 amide bonds. The van der Waals surface area contributed by atoms with E-state index in [0.29, 0.717) is 48.8 Å². The first-order chi connectivity index (χ1) is 18.6. The standard InChI is InChI=1S/C26H24F5N5O2S/c27-25(28)5-7-35(8-6-25)9-10-38-20-3-1-17(2-4-20)19-12-32-23-21(13-34-36(23)14-19)18-11-22(39-15-18)24(37)33-16-26(29,30)31/h1-4,11-15H,5-10,16H2,(H,33,37). The van der Waals surface area contributed by atoms with Gasteiger partial charge < -0.3 is 10.1 Å². The van der Waals surface area contributed by atoms with E-state index in [1.807, 2.05) is 34.5 Å². The first-order valence-electron chi connectivity index (χ1n) is 12.2. The molecule has 0 radical (unpaired) electrons. The molecule has 0 bridgehead atoms. The number of ether oxygens (including phenoxy) is 1. The minimum atomic E-state index is -4.48. The van der Waals surface area contributed by atoms with Gasteiger partial charge in [-0.3, -0.25) is 9.69 Å². The Morgan fingerprint density at radius 3 is 2.54 bits per heavy atom. The SMILES string of the molecule is O=C(NCC(F)(F)F)c1cc(-c2cnn3cc(-c4ccc(OCCN5CCC(F)(F)CC5)cc4)cnc23)cs1. The number of hydrogen-bond acceptors (Lipinski definition) is 6. The van der Waals surface area contributed by atoms with Crippen molar-refractivity contribution in [2.24, 2.45) is 0 Å².